The van der Waals surface area contributed by atoms with Gasteiger partial charge < -0.3 is 29.3 Å². The highest BCUT2D eigenvalue weighted by molar-refractivity contribution is 6.71. The van der Waals surface area contributed by atoms with Crippen molar-refractivity contribution in [3.63, 3.8) is 0 Å². The molecule has 4 heterocycles. The van der Waals surface area contributed by atoms with Gasteiger partial charge in [0.1, 0.15) is 0 Å². The molecule has 0 radical (unpaired) electrons. The summed E-state index contributed by atoms with van der Waals surface area (Å²) in [7, 11) is -3.08. The van der Waals surface area contributed by atoms with Gasteiger partial charge in [-0.3, -0.25) is 24.5 Å². The largest absolute Gasteiger partial charge is 0.432 e. The van der Waals surface area contributed by atoms with Gasteiger partial charge in [0.25, 0.3) is 11.6 Å². The highest BCUT2D eigenvalue weighted by Gasteiger charge is 2.66. The number of fused-ring (bicyclic) bond motifs is 2. The van der Waals surface area contributed by atoms with E-state index in [0.717, 1.165) is 43.4 Å². The van der Waals surface area contributed by atoms with E-state index >= 15 is 0 Å². The SMILES string of the molecule is C[C@H]1[C@H]([Si](C)(C)O)[C@@H](CC(=O)N2CCC[C@H]2CO)O[C@]12C(=O)N(Cc1ccc(N3CCCCCCC3=O)cc1)c1ccc([N+](=O)[O-])cc12. The zero-order chi connectivity index (χ0) is 34.4. The second kappa shape index (κ2) is 13.3. The van der Waals surface area contributed by atoms with E-state index in [-0.39, 0.29) is 49.0 Å². The molecule has 48 heavy (non-hydrogen) atoms. The van der Waals surface area contributed by atoms with Crippen LogP contribution in [0.5, 0.6) is 0 Å². The molecule has 0 aliphatic carbocycles. The van der Waals surface area contributed by atoms with Gasteiger partial charge in [0.05, 0.1) is 42.3 Å². The Balaban J connectivity index is 1.33. The summed E-state index contributed by atoms with van der Waals surface area (Å²) in [6.07, 6.45) is 5.13. The van der Waals surface area contributed by atoms with E-state index in [1.54, 1.807) is 29.0 Å². The summed E-state index contributed by atoms with van der Waals surface area (Å²) >= 11 is 0. The number of benzene rings is 2. The smallest absolute Gasteiger partial charge is 0.269 e. The van der Waals surface area contributed by atoms with Crippen molar-refractivity contribution < 1.29 is 33.9 Å². The zero-order valence-electron chi connectivity index (χ0n) is 28.0. The Bertz CT molecular complexity index is 1580. The van der Waals surface area contributed by atoms with Crippen LogP contribution >= 0.6 is 0 Å². The van der Waals surface area contributed by atoms with Crippen LogP contribution in [0.15, 0.2) is 42.5 Å². The molecule has 0 bridgehead atoms. The van der Waals surface area contributed by atoms with Crippen molar-refractivity contribution in [1.29, 1.82) is 0 Å². The standard InChI is InChI=1S/C35H46N4O8Si/c1-23-33(48(2,3)46)30(20-32(42)37-18-8-9-27(37)22-40)47-35(23)28-19-26(39(44)45)15-16-29(28)38(34(35)43)21-24-11-13-25(14-12-24)36-17-7-5-4-6-10-31(36)41/h11-16,19,23,27,30,33,40,46H,4-10,17-18,20-22H2,1-3H3/t23-,27-,30+,33-,35+/m0/s1. The van der Waals surface area contributed by atoms with Crippen LogP contribution in [0.1, 0.15) is 69.4 Å². The number of nitro benzene ring substituents is 1. The van der Waals surface area contributed by atoms with Gasteiger partial charge in [0.15, 0.2) is 13.9 Å². The lowest BCUT2D eigenvalue weighted by molar-refractivity contribution is -0.385. The van der Waals surface area contributed by atoms with Crippen molar-refractivity contribution >= 4 is 43.1 Å². The summed E-state index contributed by atoms with van der Waals surface area (Å²) in [5, 5.41) is 21.8. The summed E-state index contributed by atoms with van der Waals surface area (Å²) in [4.78, 5) is 69.2. The molecular weight excluding hydrogens is 632 g/mol. The molecule has 3 amide bonds. The average molecular weight is 679 g/mol. The van der Waals surface area contributed by atoms with Gasteiger partial charge in [-0.2, -0.15) is 0 Å². The fourth-order valence-corrected chi connectivity index (χ4v) is 11.1. The van der Waals surface area contributed by atoms with Gasteiger partial charge in [0.2, 0.25) is 11.8 Å². The first kappa shape index (κ1) is 34.2. The van der Waals surface area contributed by atoms with E-state index in [4.69, 9.17) is 4.74 Å². The fourth-order valence-electron chi connectivity index (χ4n) is 8.58. The van der Waals surface area contributed by atoms with Gasteiger partial charge >= 0.3 is 0 Å². The normalized spacial score (nSPS) is 27.8. The zero-order valence-corrected chi connectivity index (χ0v) is 29.0. The molecule has 2 aromatic carbocycles. The van der Waals surface area contributed by atoms with E-state index < -0.39 is 36.4 Å². The number of non-ortho nitro benzene ring substituents is 1. The predicted molar refractivity (Wildman–Crippen MR) is 182 cm³/mol. The van der Waals surface area contributed by atoms with Gasteiger partial charge in [-0.1, -0.05) is 31.9 Å². The molecule has 1 spiro atoms. The van der Waals surface area contributed by atoms with Crippen LogP contribution in [-0.4, -0.2) is 77.6 Å². The maximum absolute atomic E-state index is 14.8. The third kappa shape index (κ3) is 6.05. The molecule has 3 saturated heterocycles. The van der Waals surface area contributed by atoms with Crippen LogP contribution in [-0.2, 0) is 31.3 Å². The van der Waals surface area contributed by atoms with Crippen molar-refractivity contribution in [3.05, 3.63) is 63.7 Å². The third-order valence-electron chi connectivity index (χ3n) is 10.9. The Kier molecular flexibility index (Phi) is 9.51. The predicted octanol–water partition coefficient (Wildman–Crippen LogP) is 4.61. The molecule has 12 nitrogen and oxygen atoms in total. The number of aliphatic hydroxyl groups excluding tert-OH is 1. The minimum Gasteiger partial charge on any atom is -0.432 e. The van der Waals surface area contributed by atoms with Gasteiger partial charge in [-0.05, 0) is 62.5 Å². The number of anilines is 2. The summed E-state index contributed by atoms with van der Waals surface area (Å²) in [6, 6.07) is 11.7. The van der Waals surface area contributed by atoms with Crippen molar-refractivity contribution in [2.45, 2.75) is 101 Å². The van der Waals surface area contributed by atoms with Crippen molar-refractivity contribution in [3.8, 4) is 0 Å². The van der Waals surface area contributed by atoms with E-state index in [2.05, 4.69) is 0 Å². The Labute approximate surface area is 281 Å². The van der Waals surface area contributed by atoms with E-state index in [9.17, 15) is 34.4 Å². The van der Waals surface area contributed by atoms with Crippen LogP contribution in [0.2, 0.25) is 18.6 Å². The molecule has 4 aliphatic rings. The Morgan fingerprint density at radius 3 is 2.48 bits per heavy atom. The summed E-state index contributed by atoms with van der Waals surface area (Å²) in [6.45, 7) is 6.59. The molecule has 2 N–H and O–H groups in total. The number of carbonyl (C=O) groups is 3. The minimum atomic E-state index is -3.08. The first-order chi connectivity index (χ1) is 22.9. The lowest BCUT2D eigenvalue weighted by Crippen LogP contribution is -2.46. The molecule has 2 aromatic rings. The molecule has 5 atom stereocenters. The topological polar surface area (TPSA) is 154 Å². The lowest BCUT2D eigenvalue weighted by atomic mass is 9.82. The number of carbonyl (C=O) groups excluding carboxylic acids is 3. The Morgan fingerprint density at radius 2 is 1.79 bits per heavy atom. The summed E-state index contributed by atoms with van der Waals surface area (Å²) < 4.78 is 6.74. The second-order valence-electron chi connectivity index (χ2n) is 14.4. The number of likely N-dealkylation sites (tertiary alicyclic amines) is 1. The lowest BCUT2D eigenvalue weighted by Gasteiger charge is -2.32. The van der Waals surface area contributed by atoms with Gasteiger partial charge in [-0.15, -0.1) is 0 Å². The van der Waals surface area contributed by atoms with Crippen LogP contribution in [0.25, 0.3) is 0 Å². The summed E-state index contributed by atoms with van der Waals surface area (Å²) in [5.74, 6) is -1.07. The molecule has 4 aliphatic heterocycles. The molecule has 6 rings (SSSR count). The number of aliphatic hydroxyl groups is 1. The highest BCUT2D eigenvalue weighted by atomic mass is 28.4. The number of nitro groups is 1. The van der Waals surface area contributed by atoms with Crippen molar-refractivity contribution in [2.24, 2.45) is 5.92 Å². The van der Waals surface area contributed by atoms with E-state index in [0.29, 0.717) is 37.2 Å². The first-order valence-corrected chi connectivity index (χ1v) is 20.2. The third-order valence-corrected chi connectivity index (χ3v) is 13.4. The van der Waals surface area contributed by atoms with Crippen LogP contribution in [0.3, 0.4) is 0 Å². The van der Waals surface area contributed by atoms with Crippen molar-refractivity contribution in [1.82, 2.24) is 4.90 Å². The molecule has 0 saturated carbocycles. The van der Waals surface area contributed by atoms with E-state index in [1.807, 2.05) is 36.1 Å². The first-order valence-electron chi connectivity index (χ1n) is 17.2. The van der Waals surface area contributed by atoms with Gasteiger partial charge in [0, 0.05) is 54.4 Å². The fraction of sp³-hybridized carbons (Fsp3) is 0.571. The molecule has 13 heteroatoms. The number of ether oxygens (including phenoxy) is 1. The monoisotopic (exact) mass is 678 g/mol. The van der Waals surface area contributed by atoms with Crippen LogP contribution < -0.4 is 9.80 Å². The molecule has 0 aromatic heterocycles. The Morgan fingerprint density at radius 1 is 1.06 bits per heavy atom. The van der Waals surface area contributed by atoms with Crippen LogP contribution in [0, 0.1) is 16.0 Å². The number of hydrogen-bond donors (Lipinski definition) is 2. The number of rotatable bonds is 8. The Hall–Kier alpha value is -3.65. The summed E-state index contributed by atoms with van der Waals surface area (Å²) in [5.41, 5.74) is 0.131. The molecule has 0 unspecified atom stereocenters. The molecule has 258 valence electrons. The molecular formula is C35H46N4O8Si. The number of nitrogens with zero attached hydrogens (tertiary/aromatic N) is 4. The quantitative estimate of drug-likeness (QED) is 0.233. The van der Waals surface area contributed by atoms with Crippen LogP contribution in [0.4, 0.5) is 17.1 Å². The highest BCUT2D eigenvalue weighted by Crippen LogP contribution is 2.60. The molecule has 3 fully saturated rings. The minimum absolute atomic E-state index is 0.0710. The number of hydrogen-bond acceptors (Lipinski definition) is 8. The van der Waals surface area contributed by atoms with Gasteiger partial charge in [-0.25, -0.2) is 0 Å². The number of amides is 3. The van der Waals surface area contributed by atoms with E-state index in [1.165, 1.54) is 12.1 Å². The second-order valence-corrected chi connectivity index (χ2v) is 18.3. The maximum atomic E-state index is 14.8. The maximum Gasteiger partial charge on any atom is 0.269 e. The van der Waals surface area contributed by atoms with Crippen molar-refractivity contribution in [2.75, 3.05) is 29.5 Å². The average Bonchev–Trinajstić information content (AvgIpc) is 3.70.